The number of amides is 2. The highest BCUT2D eigenvalue weighted by molar-refractivity contribution is 5.85. The van der Waals surface area contributed by atoms with E-state index in [-0.39, 0.29) is 36.8 Å². The molecular weight excluding hydrogens is 292 g/mol. The number of nitrogens with zero attached hydrogens (tertiary/aromatic N) is 2. The van der Waals surface area contributed by atoms with Gasteiger partial charge in [0.1, 0.15) is 0 Å². The van der Waals surface area contributed by atoms with Crippen LogP contribution in [0, 0.1) is 5.92 Å². The Balaban J connectivity index is 0.00000400. The Hall–Kier alpha value is -0.850. The number of rotatable bonds is 9. The van der Waals surface area contributed by atoms with Gasteiger partial charge in [0, 0.05) is 26.2 Å². The van der Waals surface area contributed by atoms with Gasteiger partial charge < -0.3 is 16.0 Å². The van der Waals surface area contributed by atoms with Crippen molar-refractivity contribution in [2.45, 2.75) is 32.2 Å². The average molecular weight is 321 g/mol. The third-order valence-corrected chi connectivity index (χ3v) is 3.74. The van der Waals surface area contributed by atoms with E-state index in [1.165, 1.54) is 17.7 Å². The van der Waals surface area contributed by atoms with Crippen LogP contribution >= 0.6 is 12.4 Å². The first-order valence-electron chi connectivity index (χ1n) is 7.40. The summed E-state index contributed by atoms with van der Waals surface area (Å²) in [6.07, 6.45) is 3.30. The number of halogens is 1. The Kier molecular flexibility index (Phi) is 9.57. The van der Waals surface area contributed by atoms with Crippen LogP contribution < -0.4 is 11.1 Å². The Morgan fingerprint density at radius 2 is 1.90 bits per heavy atom. The summed E-state index contributed by atoms with van der Waals surface area (Å²) in [5.74, 6) is 0.483. The first kappa shape index (κ1) is 20.1. The fourth-order valence-corrected chi connectivity index (χ4v) is 2.29. The van der Waals surface area contributed by atoms with E-state index in [4.69, 9.17) is 5.73 Å². The van der Waals surface area contributed by atoms with Gasteiger partial charge in [-0.1, -0.05) is 6.92 Å². The van der Waals surface area contributed by atoms with Gasteiger partial charge in [-0.05, 0) is 32.2 Å². The lowest BCUT2D eigenvalue weighted by molar-refractivity contribution is -0.135. The molecule has 1 saturated carbocycles. The minimum Gasteiger partial charge on any atom is -0.355 e. The molecule has 0 saturated heterocycles. The van der Waals surface area contributed by atoms with Gasteiger partial charge in [-0.3, -0.25) is 14.5 Å². The monoisotopic (exact) mass is 320 g/mol. The van der Waals surface area contributed by atoms with Crippen molar-refractivity contribution in [1.29, 1.82) is 0 Å². The van der Waals surface area contributed by atoms with Gasteiger partial charge in [0.15, 0.2) is 0 Å². The minimum atomic E-state index is -0.108. The Labute approximate surface area is 133 Å². The molecule has 1 fully saturated rings. The van der Waals surface area contributed by atoms with Crippen LogP contribution in [0.2, 0.25) is 0 Å². The fourth-order valence-electron chi connectivity index (χ4n) is 2.29. The van der Waals surface area contributed by atoms with Crippen LogP contribution in [-0.4, -0.2) is 67.9 Å². The molecule has 1 atom stereocenters. The van der Waals surface area contributed by atoms with E-state index in [9.17, 15) is 9.59 Å². The Morgan fingerprint density at radius 3 is 2.38 bits per heavy atom. The van der Waals surface area contributed by atoms with Crippen molar-refractivity contribution in [3.63, 3.8) is 0 Å². The smallest absolute Gasteiger partial charge is 0.239 e. The van der Waals surface area contributed by atoms with Crippen molar-refractivity contribution < 1.29 is 9.59 Å². The zero-order valence-corrected chi connectivity index (χ0v) is 14.1. The molecule has 21 heavy (non-hydrogen) atoms. The highest BCUT2D eigenvalue weighted by Crippen LogP contribution is 2.34. The molecule has 1 unspecified atom stereocenters. The zero-order valence-electron chi connectivity index (χ0n) is 13.3. The van der Waals surface area contributed by atoms with Gasteiger partial charge in [-0.15, -0.1) is 12.4 Å². The van der Waals surface area contributed by atoms with Crippen molar-refractivity contribution in [2.24, 2.45) is 11.7 Å². The minimum absolute atomic E-state index is 0. The molecule has 0 heterocycles. The summed E-state index contributed by atoms with van der Waals surface area (Å²) in [5, 5.41) is 2.77. The molecule has 6 nitrogen and oxygen atoms in total. The lowest BCUT2D eigenvalue weighted by Crippen LogP contribution is -2.47. The van der Waals surface area contributed by atoms with Gasteiger partial charge in [0.2, 0.25) is 11.8 Å². The van der Waals surface area contributed by atoms with E-state index >= 15 is 0 Å². The maximum Gasteiger partial charge on any atom is 0.239 e. The molecular formula is C14H29ClN4O2. The number of likely N-dealkylation sites (N-methyl/N-ethyl adjacent to an activating group) is 2. The highest BCUT2D eigenvalue weighted by atomic mass is 35.5. The SMILES string of the molecule is CCCNC(=O)CN(C)C(=O)CN(C)C(CN)C1CC1.Cl. The third kappa shape index (κ3) is 7.11. The molecule has 0 aromatic carbocycles. The van der Waals surface area contributed by atoms with Gasteiger partial charge in [-0.25, -0.2) is 0 Å². The molecule has 0 aromatic heterocycles. The zero-order chi connectivity index (χ0) is 15.1. The second-order valence-corrected chi connectivity index (χ2v) is 5.66. The molecule has 1 aliphatic carbocycles. The second-order valence-electron chi connectivity index (χ2n) is 5.66. The third-order valence-electron chi connectivity index (χ3n) is 3.74. The van der Waals surface area contributed by atoms with E-state index in [0.29, 0.717) is 25.6 Å². The fraction of sp³-hybridized carbons (Fsp3) is 0.857. The molecule has 0 spiro atoms. The molecule has 1 aliphatic rings. The van der Waals surface area contributed by atoms with Gasteiger partial charge >= 0.3 is 0 Å². The predicted octanol–water partition coefficient (Wildman–Crippen LogP) is 0.0619. The highest BCUT2D eigenvalue weighted by Gasteiger charge is 2.33. The molecule has 0 aromatic rings. The van der Waals surface area contributed by atoms with Crippen molar-refractivity contribution in [2.75, 3.05) is 40.3 Å². The molecule has 124 valence electrons. The largest absolute Gasteiger partial charge is 0.355 e. The van der Waals surface area contributed by atoms with E-state index in [0.717, 1.165) is 6.42 Å². The van der Waals surface area contributed by atoms with E-state index < -0.39 is 0 Å². The van der Waals surface area contributed by atoms with E-state index in [1.54, 1.807) is 7.05 Å². The number of hydrogen-bond acceptors (Lipinski definition) is 4. The Morgan fingerprint density at radius 1 is 1.29 bits per heavy atom. The summed E-state index contributed by atoms with van der Waals surface area (Å²) in [5.41, 5.74) is 5.77. The number of hydrogen-bond donors (Lipinski definition) is 2. The van der Waals surface area contributed by atoms with Crippen molar-refractivity contribution in [1.82, 2.24) is 15.1 Å². The van der Waals surface area contributed by atoms with Crippen molar-refractivity contribution in [3.05, 3.63) is 0 Å². The van der Waals surface area contributed by atoms with E-state index in [1.807, 2.05) is 18.9 Å². The summed E-state index contributed by atoms with van der Waals surface area (Å²) in [7, 11) is 3.59. The van der Waals surface area contributed by atoms with Crippen LogP contribution in [0.15, 0.2) is 0 Å². The summed E-state index contributed by atoms with van der Waals surface area (Å²) >= 11 is 0. The number of nitrogens with one attached hydrogen (secondary N) is 1. The molecule has 0 radical (unpaired) electrons. The molecule has 0 bridgehead atoms. The average Bonchev–Trinajstić information content (AvgIpc) is 3.21. The lowest BCUT2D eigenvalue weighted by atomic mass is 10.1. The van der Waals surface area contributed by atoms with Gasteiger partial charge in [0.05, 0.1) is 13.1 Å². The van der Waals surface area contributed by atoms with Crippen molar-refractivity contribution >= 4 is 24.2 Å². The van der Waals surface area contributed by atoms with Crippen LogP contribution in [0.25, 0.3) is 0 Å². The van der Waals surface area contributed by atoms with Crippen LogP contribution in [0.1, 0.15) is 26.2 Å². The van der Waals surface area contributed by atoms with Crippen LogP contribution in [0.3, 0.4) is 0 Å². The van der Waals surface area contributed by atoms with Crippen LogP contribution in [0.5, 0.6) is 0 Å². The normalized spacial score (nSPS) is 15.3. The molecule has 0 aliphatic heterocycles. The van der Waals surface area contributed by atoms with Gasteiger partial charge in [0.25, 0.3) is 0 Å². The molecule has 3 N–H and O–H groups in total. The maximum absolute atomic E-state index is 12.1. The van der Waals surface area contributed by atoms with E-state index in [2.05, 4.69) is 5.32 Å². The topological polar surface area (TPSA) is 78.7 Å². The summed E-state index contributed by atoms with van der Waals surface area (Å²) in [6, 6.07) is 0.279. The standard InChI is InChI=1S/C14H28N4O2.ClH/c1-4-7-16-13(19)9-18(3)14(20)10-17(2)12(8-15)11-5-6-11;/h11-12H,4-10,15H2,1-3H3,(H,16,19);1H. The number of nitrogens with two attached hydrogens (primary N) is 1. The first-order valence-corrected chi connectivity index (χ1v) is 7.40. The summed E-state index contributed by atoms with van der Waals surface area (Å²) in [4.78, 5) is 27.2. The number of carbonyl (C=O) groups is 2. The summed E-state index contributed by atoms with van der Waals surface area (Å²) < 4.78 is 0. The molecule has 2 amide bonds. The quantitative estimate of drug-likeness (QED) is 0.630. The first-order chi connectivity index (χ1) is 9.49. The van der Waals surface area contributed by atoms with Crippen LogP contribution in [-0.2, 0) is 9.59 Å². The van der Waals surface area contributed by atoms with Crippen molar-refractivity contribution in [3.8, 4) is 0 Å². The predicted molar refractivity (Wildman–Crippen MR) is 86.4 cm³/mol. The maximum atomic E-state index is 12.1. The summed E-state index contributed by atoms with van der Waals surface area (Å²) in [6.45, 7) is 3.65. The van der Waals surface area contributed by atoms with Gasteiger partial charge in [-0.2, -0.15) is 0 Å². The Bertz CT molecular complexity index is 337. The van der Waals surface area contributed by atoms with Crippen LogP contribution in [0.4, 0.5) is 0 Å². The molecule has 7 heteroatoms. The molecule has 1 rings (SSSR count). The second kappa shape index (κ2) is 9.97. The lowest BCUT2D eigenvalue weighted by Gasteiger charge is -2.28. The number of carbonyl (C=O) groups excluding carboxylic acids is 2.